The molecule has 1 N–H and O–H groups in total. The maximum Gasteiger partial charge on any atom is 0.328 e. The van der Waals surface area contributed by atoms with Crippen LogP contribution in [0.15, 0.2) is 16.7 Å². The Morgan fingerprint density at radius 1 is 1.85 bits per heavy atom. The highest BCUT2D eigenvalue weighted by atomic mass is 16.5. The molecule has 0 aliphatic rings. The Morgan fingerprint density at radius 2 is 2.62 bits per heavy atom. The molecule has 0 aromatic carbocycles. The molecular formula is C8H9NO4. The van der Waals surface area contributed by atoms with Gasteiger partial charge in [0.1, 0.15) is 12.3 Å². The van der Waals surface area contributed by atoms with E-state index in [1.165, 1.54) is 13.2 Å². The molecule has 1 heterocycles. The van der Waals surface area contributed by atoms with Crippen LogP contribution in [0.2, 0.25) is 0 Å². The zero-order valence-corrected chi connectivity index (χ0v) is 7.06. The van der Waals surface area contributed by atoms with Gasteiger partial charge in [0.25, 0.3) is 0 Å². The van der Waals surface area contributed by atoms with E-state index in [1.807, 2.05) is 0 Å². The molecule has 0 aliphatic heterocycles. The number of nitrogens with zero attached hydrogens (tertiary/aromatic N) is 1. The number of methoxy groups -OCH3 is 1. The predicted molar refractivity (Wildman–Crippen MR) is 43.9 cm³/mol. The van der Waals surface area contributed by atoms with Crippen LogP contribution < -0.4 is 0 Å². The molecule has 1 rings (SSSR count). The summed E-state index contributed by atoms with van der Waals surface area (Å²) in [6.07, 6.45) is 2.35. The SMILES string of the molecule is COCc1cc(/C=C/C(=O)O)no1. The third-order valence-electron chi connectivity index (χ3n) is 1.26. The zero-order chi connectivity index (χ0) is 9.68. The van der Waals surface area contributed by atoms with E-state index in [2.05, 4.69) is 5.16 Å². The molecule has 0 bridgehead atoms. The number of ether oxygens (including phenoxy) is 1. The van der Waals surface area contributed by atoms with Crippen LogP contribution in [0.5, 0.6) is 0 Å². The van der Waals surface area contributed by atoms with Crippen molar-refractivity contribution < 1.29 is 19.2 Å². The van der Waals surface area contributed by atoms with Crippen molar-refractivity contribution >= 4 is 12.0 Å². The van der Waals surface area contributed by atoms with Crippen LogP contribution in [-0.2, 0) is 16.1 Å². The zero-order valence-electron chi connectivity index (χ0n) is 7.06. The van der Waals surface area contributed by atoms with Crippen LogP contribution in [0.4, 0.5) is 0 Å². The standard InChI is InChI=1S/C8H9NO4/c1-12-5-7-4-6(9-13-7)2-3-8(10)11/h2-4H,5H2,1H3,(H,10,11)/b3-2+. The molecule has 0 amide bonds. The fourth-order valence-corrected chi connectivity index (χ4v) is 0.774. The lowest BCUT2D eigenvalue weighted by Gasteiger charge is -1.87. The van der Waals surface area contributed by atoms with E-state index in [-0.39, 0.29) is 0 Å². The second-order valence-corrected chi connectivity index (χ2v) is 2.32. The smallest absolute Gasteiger partial charge is 0.328 e. The minimum absolute atomic E-state index is 0.327. The summed E-state index contributed by atoms with van der Waals surface area (Å²) in [5, 5.41) is 11.9. The van der Waals surface area contributed by atoms with Crippen LogP contribution in [0.3, 0.4) is 0 Å². The lowest BCUT2D eigenvalue weighted by Crippen LogP contribution is -1.85. The number of carboxylic acid groups (broad SMARTS) is 1. The molecule has 0 unspecified atom stereocenters. The summed E-state index contributed by atoms with van der Waals surface area (Å²) in [6, 6.07) is 1.61. The monoisotopic (exact) mass is 183 g/mol. The molecule has 13 heavy (non-hydrogen) atoms. The van der Waals surface area contributed by atoms with Crippen LogP contribution in [-0.4, -0.2) is 23.3 Å². The van der Waals surface area contributed by atoms with Crippen LogP contribution >= 0.6 is 0 Å². The summed E-state index contributed by atoms with van der Waals surface area (Å²) in [4.78, 5) is 10.1. The molecule has 5 nitrogen and oxygen atoms in total. The minimum Gasteiger partial charge on any atom is -0.478 e. The highest BCUT2D eigenvalue weighted by Crippen LogP contribution is 2.05. The second kappa shape index (κ2) is 4.42. The van der Waals surface area contributed by atoms with E-state index in [9.17, 15) is 4.79 Å². The van der Waals surface area contributed by atoms with Gasteiger partial charge in [0.2, 0.25) is 0 Å². The molecule has 0 saturated carbocycles. The van der Waals surface area contributed by atoms with Gasteiger partial charge in [-0.2, -0.15) is 0 Å². The molecular weight excluding hydrogens is 174 g/mol. The van der Waals surface area contributed by atoms with Gasteiger partial charge in [-0.1, -0.05) is 5.16 Å². The Kier molecular flexibility index (Phi) is 3.22. The first kappa shape index (κ1) is 9.47. The molecule has 1 aromatic rings. The lowest BCUT2D eigenvalue weighted by molar-refractivity contribution is -0.131. The molecule has 1 aromatic heterocycles. The summed E-state index contributed by atoms with van der Waals surface area (Å²) in [6.45, 7) is 0.327. The average molecular weight is 183 g/mol. The second-order valence-electron chi connectivity index (χ2n) is 2.32. The number of carboxylic acids is 1. The first-order valence-corrected chi connectivity index (χ1v) is 3.58. The van der Waals surface area contributed by atoms with Gasteiger partial charge in [-0.05, 0) is 6.08 Å². The van der Waals surface area contributed by atoms with Crippen LogP contribution in [0.1, 0.15) is 11.5 Å². The molecule has 5 heteroatoms. The largest absolute Gasteiger partial charge is 0.478 e. The van der Waals surface area contributed by atoms with E-state index >= 15 is 0 Å². The van der Waals surface area contributed by atoms with E-state index in [4.69, 9.17) is 14.4 Å². The highest BCUT2D eigenvalue weighted by Gasteiger charge is 2.00. The Bertz CT molecular complexity index is 316. The van der Waals surface area contributed by atoms with Gasteiger partial charge < -0.3 is 14.4 Å². The van der Waals surface area contributed by atoms with E-state index in [0.717, 1.165) is 6.08 Å². The first-order chi connectivity index (χ1) is 6.22. The maximum atomic E-state index is 10.1. The van der Waals surface area contributed by atoms with Crippen molar-refractivity contribution in [2.75, 3.05) is 7.11 Å². The van der Waals surface area contributed by atoms with Gasteiger partial charge in [-0.3, -0.25) is 0 Å². The topological polar surface area (TPSA) is 72.6 Å². The number of aromatic nitrogens is 1. The van der Waals surface area contributed by atoms with Crippen molar-refractivity contribution in [2.24, 2.45) is 0 Å². The maximum absolute atomic E-state index is 10.1. The summed E-state index contributed by atoms with van der Waals surface area (Å²) in [5.74, 6) is -0.455. The Hall–Kier alpha value is -1.62. The van der Waals surface area contributed by atoms with Gasteiger partial charge in [0.05, 0.1) is 0 Å². The van der Waals surface area contributed by atoms with E-state index < -0.39 is 5.97 Å². The van der Waals surface area contributed by atoms with Gasteiger partial charge in [0.15, 0.2) is 5.76 Å². The lowest BCUT2D eigenvalue weighted by atomic mass is 10.3. The molecule has 0 fully saturated rings. The molecule has 70 valence electrons. The number of rotatable bonds is 4. The summed E-state index contributed by atoms with van der Waals surface area (Å²) in [5.41, 5.74) is 0.467. The highest BCUT2D eigenvalue weighted by molar-refractivity contribution is 5.84. The van der Waals surface area contributed by atoms with Crippen molar-refractivity contribution in [1.29, 1.82) is 0 Å². The molecule has 0 saturated heterocycles. The summed E-state index contributed by atoms with van der Waals surface area (Å²) >= 11 is 0. The quantitative estimate of drug-likeness (QED) is 0.702. The number of carbonyl (C=O) groups is 1. The molecule has 0 aliphatic carbocycles. The first-order valence-electron chi connectivity index (χ1n) is 3.58. The van der Waals surface area contributed by atoms with Crippen LogP contribution in [0.25, 0.3) is 6.08 Å². The van der Waals surface area contributed by atoms with E-state index in [0.29, 0.717) is 18.1 Å². The van der Waals surface area contributed by atoms with Gasteiger partial charge in [-0.15, -0.1) is 0 Å². The van der Waals surface area contributed by atoms with Crippen LogP contribution in [0, 0.1) is 0 Å². The fraction of sp³-hybridized carbons (Fsp3) is 0.250. The normalized spacial score (nSPS) is 10.8. The van der Waals surface area contributed by atoms with Crippen molar-refractivity contribution in [1.82, 2.24) is 5.16 Å². The van der Waals surface area contributed by atoms with Gasteiger partial charge >= 0.3 is 5.97 Å². The van der Waals surface area contributed by atoms with Crippen molar-refractivity contribution in [3.05, 3.63) is 23.6 Å². The van der Waals surface area contributed by atoms with E-state index in [1.54, 1.807) is 6.07 Å². The average Bonchev–Trinajstić information content (AvgIpc) is 2.50. The number of hydrogen-bond acceptors (Lipinski definition) is 4. The predicted octanol–water partition coefficient (Wildman–Crippen LogP) is 0.919. The summed E-state index contributed by atoms with van der Waals surface area (Å²) in [7, 11) is 1.54. The fourth-order valence-electron chi connectivity index (χ4n) is 0.774. The van der Waals surface area contributed by atoms with Gasteiger partial charge in [-0.25, -0.2) is 4.79 Å². The third-order valence-corrected chi connectivity index (χ3v) is 1.26. The minimum atomic E-state index is -1.02. The Morgan fingerprint density at radius 3 is 3.23 bits per heavy atom. The summed E-state index contributed by atoms with van der Waals surface area (Å²) < 4.78 is 9.61. The number of hydrogen-bond donors (Lipinski definition) is 1. The number of aliphatic carboxylic acids is 1. The molecule has 0 atom stereocenters. The molecule has 0 radical (unpaired) electrons. The van der Waals surface area contributed by atoms with Crippen molar-refractivity contribution in [3.63, 3.8) is 0 Å². The Balaban J connectivity index is 2.63. The molecule has 0 spiro atoms. The third kappa shape index (κ3) is 3.08. The van der Waals surface area contributed by atoms with Gasteiger partial charge in [0, 0.05) is 19.3 Å². The Labute approximate surface area is 74.6 Å². The van der Waals surface area contributed by atoms with Crippen molar-refractivity contribution in [2.45, 2.75) is 6.61 Å². The van der Waals surface area contributed by atoms with Crippen molar-refractivity contribution in [3.8, 4) is 0 Å².